The molecule has 0 aliphatic rings. The summed E-state index contributed by atoms with van der Waals surface area (Å²) in [6, 6.07) is 5.50. The first-order chi connectivity index (χ1) is 8.31. The lowest BCUT2D eigenvalue weighted by Gasteiger charge is -2.11. The van der Waals surface area contributed by atoms with E-state index in [0.29, 0.717) is 25.3 Å². The molecule has 4 nitrogen and oxygen atoms in total. The van der Waals surface area contributed by atoms with Crippen LogP contribution in [-0.2, 0) is 6.42 Å². The van der Waals surface area contributed by atoms with Crippen molar-refractivity contribution in [3.8, 4) is 5.75 Å². The third kappa shape index (κ3) is 4.54. The minimum Gasteiger partial charge on any atom is -0.493 e. The molecule has 1 rings (SSSR count). The summed E-state index contributed by atoms with van der Waals surface area (Å²) in [4.78, 5) is 10.7. The van der Waals surface area contributed by atoms with Crippen molar-refractivity contribution in [2.45, 2.75) is 19.3 Å². The SMILES string of the molecule is NCCCOc1cc(C=O)ccc1CCCN. The molecule has 0 heterocycles. The topological polar surface area (TPSA) is 78.3 Å². The van der Waals surface area contributed by atoms with Gasteiger partial charge in [-0.05, 0) is 44.0 Å². The van der Waals surface area contributed by atoms with Crippen molar-refractivity contribution in [1.82, 2.24) is 0 Å². The van der Waals surface area contributed by atoms with Gasteiger partial charge < -0.3 is 16.2 Å². The number of ether oxygens (including phenoxy) is 1. The van der Waals surface area contributed by atoms with Gasteiger partial charge in [0, 0.05) is 5.56 Å². The van der Waals surface area contributed by atoms with E-state index in [4.69, 9.17) is 16.2 Å². The number of hydrogen-bond acceptors (Lipinski definition) is 4. The fourth-order valence-corrected chi connectivity index (χ4v) is 1.54. The molecule has 0 bridgehead atoms. The lowest BCUT2D eigenvalue weighted by Crippen LogP contribution is -2.08. The van der Waals surface area contributed by atoms with E-state index >= 15 is 0 Å². The fourth-order valence-electron chi connectivity index (χ4n) is 1.54. The number of benzene rings is 1. The Morgan fingerprint density at radius 3 is 2.59 bits per heavy atom. The maximum Gasteiger partial charge on any atom is 0.150 e. The fraction of sp³-hybridized carbons (Fsp3) is 0.462. The molecule has 0 spiro atoms. The molecule has 0 saturated heterocycles. The molecular formula is C13H20N2O2. The van der Waals surface area contributed by atoms with Crippen LogP contribution in [0.1, 0.15) is 28.8 Å². The molecule has 4 N–H and O–H groups in total. The van der Waals surface area contributed by atoms with Gasteiger partial charge in [0.15, 0.2) is 0 Å². The van der Waals surface area contributed by atoms with Gasteiger partial charge in [0.1, 0.15) is 12.0 Å². The molecule has 17 heavy (non-hydrogen) atoms. The van der Waals surface area contributed by atoms with Gasteiger partial charge in [-0.15, -0.1) is 0 Å². The van der Waals surface area contributed by atoms with E-state index in [0.717, 1.165) is 36.9 Å². The van der Waals surface area contributed by atoms with E-state index in [1.165, 1.54) is 0 Å². The van der Waals surface area contributed by atoms with Gasteiger partial charge in [0.2, 0.25) is 0 Å². The number of carbonyl (C=O) groups is 1. The summed E-state index contributed by atoms with van der Waals surface area (Å²) in [5.41, 5.74) is 12.6. The van der Waals surface area contributed by atoms with Crippen LogP contribution >= 0.6 is 0 Å². The van der Waals surface area contributed by atoms with Crippen LogP contribution in [0.25, 0.3) is 0 Å². The monoisotopic (exact) mass is 236 g/mol. The van der Waals surface area contributed by atoms with Crippen molar-refractivity contribution in [3.63, 3.8) is 0 Å². The molecule has 4 heteroatoms. The lowest BCUT2D eigenvalue weighted by atomic mass is 10.1. The summed E-state index contributed by atoms with van der Waals surface area (Å²) in [6.07, 6.45) is 3.41. The van der Waals surface area contributed by atoms with E-state index in [-0.39, 0.29) is 0 Å². The van der Waals surface area contributed by atoms with Crippen molar-refractivity contribution < 1.29 is 9.53 Å². The van der Waals surface area contributed by atoms with Crippen LogP contribution in [0.2, 0.25) is 0 Å². The van der Waals surface area contributed by atoms with Crippen LogP contribution in [-0.4, -0.2) is 26.0 Å². The van der Waals surface area contributed by atoms with Crippen molar-refractivity contribution in [3.05, 3.63) is 29.3 Å². The average Bonchev–Trinajstić information content (AvgIpc) is 2.37. The Labute approximate surface area is 102 Å². The van der Waals surface area contributed by atoms with Crippen LogP contribution in [0.3, 0.4) is 0 Å². The highest BCUT2D eigenvalue weighted by atomic mass is 16.5. The average molecular weight is 236 g/mol. The van der Waals surface area contributed by atoms with Gasteiger partial charge >= 0.3 is 0 Å². The third-order valence-corrected chi connectivity index (χ3v) is 2.48. The van der Waals surface area contributed by atoms with Gasteiger partial charge in [-0.2, -0.15) is 0 Å². The summed E-state index contributed by atoms with van der Waals surface area (Å²) >= 11 is 0. The molecule has 0 saturated carbocycles. The maximum atomic E-state index is 10.7. The minimum atomic E-state index is 0.578. The second kappa shape index (κ2) is 7.81. The van der Waals surface area contributed by atoms with Crippen LogP contribution in [0, 0.1) is 0 Å². The van der Waals surface area contributed by atoms with E-state index < -0.39 is 0 Å². The first kappa shape index (κ1) is 13.7. The predicted molar refractivity (Wildman–Crippen MR) is 68.4 cm³/mol. The largest absolute Gasteiger partial charge is 0.493 e. The molecule has 0 aliphatic heterocycles. The van der Waals surface area contributed by atoms with Crippen LogP contribution in [0.5, 0.6) is 5.75 Å². The van der Waals surface area contributed by atoms with E-state index in [9.17, 15) is 4.79 Å². The summed E-state index contributed by atoms with van der Waals surface area (Å²) in [6.45, 7) is 1.83. The zero-order chi connectivity index (χ0) is 12.5. The Balaban J connectivity index is 2.75. The molecule has 1 aromatic carbocycles. The number of aldehydes is 1. The number of nitrogens with two attached hydrogens (primary N) is 2. The number of hydrogen-bond donors (Lipinski definition) is 2. The molecule has 0 radical (unpaired) electrons. The van der Waals surface area contributed by atoms with Gasteiger partial charge in [0.25, 0.3) is 0 Å². The highest BCUT2D eigenvalue weighted by molar-refractivity contribution is 5.75. The quantitative estimate of drug-likeness (QED) is 0.523. The highest BCUT2D eigenvalue weighted by Crippen LogP contribution is 2.21. The van der Waals surface area contributed by atoms with Crippen molar-refractivity contribution >= 4 is 6.29 Å². The second-order valence-electron chi connectivity index (χ2n) is 3.87. The summed E-state index contributed by atoms with van der Waals surface area (Å²) in [5, 5.41) is 0. The first-order valence-electron chi connectivity index (χ1n) is 5.93. The zero-order valence-electron chi connectivity index (χ0n) is 10.0. The van der Waals surface area contributed by atoms with Gasteiger partial charge in [-0.25, -0.2) is 0 Å². The summed E-state index contributed by atoms with van der Waals surface area (Å²) < 4.78 is 5.64. The minimum absolute atomic E-state index is 0.578. The predicted octanol–water partition coefficient (Wildman–Crippen LogP) is 1.12. The third-order valence-electron chi connectivity index (χ3n) is 2.48. The number of aryl methyl sites for hydroxylation is 1. The molecule has 0 amide bonds. The Hall–Kier alpha value is -1.39. The molecule has 0 fully saturated rings. The molecule has 0 atom stereocenters. The number of carbonyl (C=O) groups excluding carboxylic acids is 1. The lowest BCUT2D eigenvalue weighted by molar-refractivity contribution is 0.112. The molecular weight excluding hydrogens is 216 g/mol. The Kier molecular flexibility index (Phi) is 6.29. The first-order valence-corrected chi connectivity index (χ1v) is 5.93. The van der Waals surface area contributed by atoms with Gasteiger partial charge in [-0.3, -0.25) is 4.79 Å². The molecule has 0 unspecified atom stereocenters. The smallest absolute Gasteiger partial charge is 0.150 e. The Morgan fingerprint density at radius 2 is 1.94 bits per heavy atom. The van der Waals surface area contributed by atoms with E-state index in [1.54, 1.807) is 12.1 Å². The molecule has 94 valence electrons. The zero-order valence-corrected chi connectivity index (χ0v) is 10.0. The van der Waals surface area contributed by atoms with Crippen molar-refractivity contribution in [2.24, 2.45) is 11.5 Å². The van der Waals surface area contributed by atoms with Crippen LogP contribution in [0.15, 0.2) is 18.2 Å². The summed E-state index contributed by atoms with van der Waals surface area (Å²) in [7, 11) is 0. The molecule has 0 aromatic heterocycles. The van der Waals surface area contributed by atoms with Crippen LogP contribution in [0.4, 0.5) is 0 Å². The van der Waals surface area contributed by atoms with E-state index in [2.05, 4.69) is 0 Å². The van der Waals surface area contributed by atoms with Gasteiger partial charge in [0.05, 0.1) is 6.61 Å². The number of rotatable bonds is 8. The van der Waals surface area contributed by atoms with Crippen LogP contribution < -0.4 is 16.2 Å². The molecule has 0 aliphatic carbocycles. The summed E-state index contributed by atoms with van der Waals surface area (Å²) in [5.74, 6) is 0.775. The van der Waals surface area contributed by atoms with Gasteiger partial charge in [-0.1, -0.05) is 12.1 Å². The Morgan fingerprint density at radius 1 is 1.18 bits per heavy atom. The standard InChI is InChI=1S/C13H20N2O2/c14-6-1-3-12-5-4-11(10-16)9-13(12)17-8-2-7-15/h4-5,9-10H,1-3,6-8,14-15H2. The molecule has 1 aromatic rings. The highest BCUT2D eigenvalue weighted by Gasteiger charge is 2.05. The van der Waals surface area contributed by atoms with Crippen molar-refractivity contribution in [2.75, 3.05) is 19.7 Å². The van der Waals surface area contributed by atoms with E-state index in [1.807, 2.05) is 6.07 Å². The Bertz CT molecular complexity index is 353. The van der Waals surface area contributed by atoms with Crippen molar-refractivity contribution in [1.29, 1.82) is 0 Å². The second-order valence-corrected chi connectivity index (χ2v) is 3.87. The normalized spacial score (nSPS) is 10.2. The maximum absolute atomic E-state index is 10.7.